The number of benzene rings is 2. The van der Waals surface area contributed by atoms with Crippen molar-refractivity contribution in [3.8, 4) is 11.6 Å². The maximum Gasteiger partial charge on any atom is 0.443 e. The van der Waals surface area contributed by atoms with Gasteiger partial charge in [0.15, 0.2) is 5.69 Å². The Morgan fingerprint density at radius 2 is 1.88 bits per heavy atom. The fourth-order valence-corrected chi connectivity index (χ4v) is 5.26. The van der Waals surface area contributed by atoms with E-state index in [4.69, 9.17) is 9.15 Å². The third-order valence-corrected chi connectivity index (χ3v) is 7.42. The average Bonchev–Trinajstić information content (AvgIpc) is 3.35. The van der Waals surface area contributed by atoms with Crippen LogP contribution in [0.1, 0.15) is 29.0 Å². The molecular weight excluding hydrogens is 547 g/mol. The van der Waals surface area contributed by atoms with Gasteiger partial charge in [-0.15, -0.1) is 5.10 Å². The van der Waals surface area contributed by atoms with Gasteiger partial charge in [-0.1, -0.05) is 65.0 Å². The van der Waals surface area contributed by atoms with Crippen molar-refractivity contribution in [3.63, 3.8) is 0 Å². The van der Waals surface area contributed by atoms with E-state index in [-0.39, 0.29) is 22.6 Å². The van der Waals surface area contributed by atoms with E-state index in [2.05, 4.69) is 36.1 Å². The van der Waals surface area contributed by atoms with Crippen molar-refractivity contribution in [2.45, 2.75) is 30.7 Å². The number of hydrogen-bond donors (Lipinski definition) is 3. The van der Waals surface area contributed by atoms with E-state index in [9.17, 15) is 18.0 Å². The fraction of sp³-hybridized carbons (Fsp3) is 0.269. The molecule has 0 saturated heterocycles. The Morgan fingerprint density at radius 3 is 2.60 bits per heavy atom. The molecule has 6 rings (SSSR count). The minimum absolute atomic E-state index is 0.133. The topological polar surface area (TPSA) is 127 Å². The minimum atomic E-state index is -4.66. The van der Waals surface area contributed by atoms with Crippen LogP contribution in [-0.2, 0) is 15.7 Å². The Hall–Kier alpha value is -4.30. The largest absolute Gasteiger partial charge is 0.443 e. The zero-order chi connectivity index (χ0) is 27.9. The van der Waals surface area contributed by atoms with Crippen LogP contribution < -0.4 is 16.0 Å². The normalized spacial score (nSPS) is 17.9. The van der Waals surface area contributed by atoms with Crippen molar-refractivity contribution in [2.75, 3.05) is 29.7 Å². The van der Waals surface area contributed by atoms with Crippen LogP contribution in [0.2, 0.25) is 0 Å². The smallest absolute Gasteiger partial charge is 0.402 e. The molecule has 40 heavy (non-hydrogen) atoms. The summed E-state index contributed by atoms with van der Waals surface area (Å²) in [6.07, 6.45) is -4.37. The van der Waals surface area contributed by atoms with E-state index in [1.807, 2.05) is 42.5 Å². The molecule has 1 saturated carbocycles. The molecule has 14 heteroatoms. The number of carbonyl (C=O) groups is 1. The molecule has 10 nitrogen and oxygen atoms in total. The number of aliphatic imine (C=N–C) groups is 1. The highest BCUT2D eigenvalue weighted by atomic mass is 32.1. The Morgan fingerprint density at radius 1 is 1.12 bits per heavy atom. The van der Waals surface area contributed by atoms with Gasteiger partial charge < -0.3 is 25.1 Å². The highest BCUT2D eigenvalue weighted by Crippen LogP contribution is 2.46. The Labute approximate surface area is 229 Å². The number of halogens is 3. The number of rotatable bonds is 8. The quantitative estimate of drug-likeness (QED) is 0.270. The third-order valence-electron chi connectivity index (χ3n) is 6.40. The second-order valence-corrected chi connectivity index (χ2v) is 10.4. The van der Waals surface area contributed by atoms with Crippen LogP contribution in [0.3, 0.4) is 0 Å². The Balaban J connectivity index is 1.32. The van der Waals surface area contributed by atoms with E-state index >= 15 is 0 Å². The summed E-state index contributed by atoms with van der Waals surface area (Å²) in [7, 11) is 1.53. The van der Waals surface area contributed by atoms with Crippen LogP contribution in [-0.4, -0.2) is 52.2 Å². The molecule has 1 fully saturated rings. The molecule has 0 spiro atoms. The molecule has 1 atom stereocenters. The summed E-state index contributed by atoms with van der Waals surface area (Å²) in [5, 5.41) is 15.7. The molecule has 3 N–H and O–H groups in total. The van der Waals surface area contributed by atoms with Gasteiger partial charge in [-0.05, 0) is 18.9 Å². The third kappa shape index (κ3) is 5.14. The van der Waals surface area contributed by atoms with Crippen molar-refractivity contribution in [3.05, 3.63) is 70.7 Å². The van der Waals surface area contributed by atoms with Crippen LogP contribution in [0.4, 0.5) is 29.9 Å². The number of carbonyl (C=O) groups excluding carboxylic acids is 1. The molecule has 0 unspecified atom stereocenters. The number of benzodiazepines with no additional fused rings is 1. The van der Waals surface area contributed by atoms with Crippen LogP contribution in [0, 0.1) is 0 Å². The molecule has 3 heterocycles. The summed E-state index contributed by atoms with van der Waals surface area (Å²) in [5.41, 5.74) is 2.03. The lowest BCUT2D eigenvalue weighted by Gasteiger charge is -2.16. The minimum Gasteiger partial charge on any atom is -0.402 e. The zero-order valence-electron chi connectivity index (χ0n) is 21.0. The van der Waals surface area contributed by atoms with Gasteiger partial charge in [-0.3, -0.25) is 4.79 Å². The SMILES string of the molecule is COCC1(Nc2sc(C(F)(F)F)nc2-c2nnc(N[C@H]3N=C(c4ccccc4)c4ccccc4NC3=O)o2)CC1. The monoisotopic (exact) mass is 569 g/mol. The number of fused-ring (bicyclic) bond motifs is 1. The van der Waals surface area contributed by atoms with Crippen LogP contribution >= 0.6 is 11.3 Å². The molecule has 4 aromatic rings. The molecular formula is C26H22F3N7O3S. The summed E-state index contributed by atoms with van der Waals surface area (Å²) in [6, 6.07) is 16.4. The fourth-order valence-electron chi connectivity index (χ4n) is 4.32. The van der Waals surface area contributed by atoms with Crippen molar-refractivity contribution < 1.29 is 27.1 Å². The van der Waals surface area contributed by atoms with Gasteiger partial charge in [0.1, 0.15) is 5.00 Å². The number of amides is 1. The van der Waals surface area contributed by atoms with Gasteiger partial charge >= 0.3 is 12.2 Å². The van der Waals surface area contributed by atoms with E-state index in [1.54, 1.807) is 12.1 Å². The Bertz CT molecular complexity index is 1580. The standard InChI is InChI=1S/C26H22F3N7O3S/c1-38-13-25(11-12-25)34-22-18(32-23(40-22)26(27,28)29)21-35-36-24(39-21)33-19-20(37)30-16-10-6-5-9-15(16)17(31-19)14-7-3-2-4-8-14/h2-10,19,34H,11-13H2,1H3,(H,30,37)(H,33,36)/t19-/m1/s1. The van der Waals surface area contributed by atoms with E-state index < -0.39 is 28.8 Å². The summed E-state index contributed by atoms with van der Waals surface area (Å²) in [6.45, 7) is 0.323. The number of anilines is 3. The first kappa shape index (κ1) is 26.0. The summed E-state index contributed by atoms with van der Waals surface area (Å²) < 4.78 is 51.5. The molecule has 2 aromatic heterocycles. The van der Waals surface area contributed by atoms with Crippen molar-refractivity contribution in [1.82, 2.24) is 15.2 Å². The molecule has 0 bridgehead atoms. The number of methoxy groups -OCH3 is 1. The maximum absolute atomic E-state index is 13.5. The van der Waals surface area contributed by atoms with Gasteiger partial charge in [0, 0.05) is 18.2 Å². The number of aromatic nitrogens is 3. The number of alkyl halides is 3. The number of hydrogen-bond acceptors (Lipinski definition) is 10. The number of thiazole rings is 1. The van der Waals surface area contributed by atoms with Crippen molar-refractivity contribution in [2.24, 2.45) is 4.99 Å². The van der Waals surface area contributed by atoms with Crippen molar-refractivity contribution in [1.29, 1.82) is 0 Å². The molecule has 206 valence electrons. The predicted molar refractivity (Wildman–Crippen MR) is 142 cm³/mol. The molecule has 1 amide bonds. The average molecular weight is 570 g/mol. The zero-order valence-corrected chi connectivity index (χ0v) is 21.8. The van der Waals surface area contributed by atoms with Gasteiger partial charge in [-0.25, -0.2) is 9.98 Å². The van der Waals surface area contributed by atoms with Crippen molar-refractivity contribution >= 4 is 39.7 Å². The van der Waals surface area contributed by atoms with Crippen LogP contribution in [0.15, 0.2) is 64.0 Å². The van der Waals surface area contributed by atoms with Gasteiger partial charge in [0.25, 0.3) is 11.8 Å². The summed E-state index contributed by atoms with van der Waals surface area (Å²) in [5.74, 6) is -0.724. The number of ether oxygens (including phenoxy) is 1. The lowest BCUT2D eigenvalue weighted by Crippen LogP contribution is -2.32. The first-order valence-corrected chi connectivity index (χ1v) is 13.1. The Kier molecular flexibility index (Phi) is 6.50. The van der Waals surface area contributed by atoms with Gasteiger partial charge in [0.05, 0.1) is 23.5 Å². The highest BCUT2D eigenvalue weighted by molar-refractivity contribution is 7.16. The molecule has 1 aliphatic carbocycles. The van der Waals surface area contributed by atoms with Gasteiger partial charge in [0.2, 0.25) is 11.2 Å². The highest BCUT2D eigenvalue weighted by Gasteiger charge is 2.45. The predicted octanol–water partition coefficient (Wildman–Crippen LogP) is 5.03. The van der Waals surface area contributed by atoms with Crippen LogP contribution in [0.25, 0.3) is 11.6 Å². The second kappa shape index (κ2) is 10.0. The second-order valence-electron chi connectivity index (χ2n) is 9.37. The lowest BCUT2D eigenvalue weighted by atomic mass is 10.0. The van der Waals surface area contributed by atoms with E-state index in [0.29, 0.717) is 29.3 Å². The van der Waals surface area contributed by atoms with Crippen LogP contribution in [0.5, 0.6) is 0 Å². The summed E-state index contributed by atoms with van der Waals surface area (Å²) >= 11 is 0.456. The molecule has 2 aromatic carbocycles. The molecule has 0 radical (unpaired) electrons. The number of nitrogens with zero attached hydrogens (tertiary/aromatic N) is 4. The summed E-state index contributed by atoms with van der Waals surface area (Å²) in [4.78, 5) is 21.5. The molecule has 2 aliphatic rings. The molecule has 1 aliphatic heterocycles. The first-order chi connectivity index (χ1) is 19.2. The van der Waals surface area contributed by atoms with E-state index in [0.717, 1.165) is 24.0 Å². The lowest BCUT2D eigenvalue weighted by molar-refractivity contribution is -0.137. The van der Waals surface area contributed by atoms with Gasteiger partial charge in [-0.2, -0.15) is 13.2 Å². The maximum atomic E-state index is 13.5. The van der Waals surface area contributed by atoms with E-state index in [1.165, 1.54) is 7.11 Å². The number of para-hydroxylation sites is 1. The first-order valence-electron chi connectivity index (χ1n) is 12.2. The number of nitrogens with one attached hydrogen (secondary N) is 3.